The molecule has 2 heterocycles. The Morgan fingerprint density at radius 3 is 2.34 bits per heavy atom. The van der Waals surface area contributed by atoms with Gasteiger partial charge >= 0.3 is 6.36 Å². The van der Waals surface area contributed by atoms with Crippen LogP contribution >= 0.6 is 11.8 Å². The zero-order valence-corrected chi connectivity index (χ0v) is 18.0. The van der Waals surface area contributed by atoms with E-state index in [1.807, 2.05) is 39.8 Å². The van der Waals surface area contributed by atoms with Gasteiger partial charge in [0, 0.05) is 24.3 Å². The summed E-state index contributed by atoms with van der Waals surface area (Å²) in [6.45, 7) is 1.56. The molecule has 0 atom stereocenters. The predicted molar refractivity (Wildman–Crippen MR) is 117 cm³/mol. The number of halogens is 3. The first-order chi connectivity index (χ1) is 15.4. The van der Waals surface area contributed by atoms with Gasteiger partial charge in [0.2, 0.25) is 5.91 Å². The molecular weight excluding hydrogens is 439 g/mol. The zero-order valence-electron chi connectivity index (χ0n) is 17.2. The lowest BCUT2D eigenvalue weighted by Gasteiger charge is -2.26. The highest BCUT2D eigenvalue weighted by atomic mass is 32.2. The highest BCUT2D eigenvalue weighted by molar-refractivity contribution is 7.99. The molecule has 32 heavy (non-hydrogen) atoms. The number of hydrogen-bond acceptors (Lipinski definition) is 4. The molecule has 1 saturated heterocycles. The van der Waals surface area contributed by atoms with Crippen molar-refractivity contribution < 1.29 is 22.7 Å². The van der Waals surface area contributed by atoms with Crippen LogP contribution in [0.5, 0.6) is 5.75 Å². The van der Waals surface area contributed by atoms with E-state index < -0.39 is 6.36 Å². The Labute approximate surface area is 188 Å². The number of likely N-dealkylation sites (tertiary alicyclic amines) is 1. The van der Waals surface area contributed by atoms with Crippen LogP contribution in [0.2, 0.25) is 0 Å². The molecule has 5 nitrogen and oxygen atoms in total. The highest BCUT2D eigenvalue weighted by Gasteiger charge is 2.31. The van der Waals surface area contributed by atoms with Crippen LogP contribution in [0.25, 0.3) is 16.9 Å². The minimum atomic E-state index is -4.75. The van der Waals surface area contributed by atoms with Crippen molar-refractivity contribution in [2.24, 2.45) is 0 Å². The number of ether oxygens (including phenoxy) is 1. The molecule has 168 valence electrons. The van der Waals surface area contributed by atoms with Crippen LogP contribution in [0.15, 0.2) is 66.0 Å². The summed E-state index contributed by atoms with van der Waals surface area (Å²) >= 11 is 1.32. The third-order valence-corrected chi connectivity index (χ3v) is 6.10. The summed E-state index contributed by atoms with van der Waals surface area (Å²) in [5.41, 5.74) is 2.32. The number of aromatic nitrogens is 2. The maximum atomic E-state index is 12.6. The van der Waals surface area contributed by atoms with E-state index in [1.54, 1.807) is 18.3 Å². The molecule has 1 fully saturated rings. The maximum absolute atomic E-state index is 12.6. The highest BCUT2D eigenvalue weighted by Crippen LogP contribution is 2.31. The van der Waals surface area contributed by atoms with E-state index >= 15 is 0 Å². The molecular formula is C23H22F3N3O2S. The smallest absolute Gasteiger partial charge is 0.406 e. The van der Waals surface area contributed by atoms with E-state index in [9.17, 15) is 18.0 Å². The summed E-state index contributed by atoms with van der Waals surface area (Å²) in [4.78, 5) is 19.0. The van der Waals surface area contributed by atoms with E-state index in [-0.39, 0.29) is 17.4 Å². The molecule has 9 heteroatoms. The topological polar surface area (TPSA) is 47.4 Å². The number of piperidine rings is 1. The summed E-state index contributed by atoms with van der Waals surface area (Å²) < 4.78 is 43.4. The average Bonchev–Trinajstić information content (AvgIpc) is 3.22. The van der Waals surface area contributed by atoms with E-state index in [0.29, 0.717) is 10.8 Å². The number of rotatable bonds is 6. The Morgan fingerprint density at radius 1 is 1.00 bits per heavy atom. The second-order valence-corrected chi connectivity index (χ2v) is 8.34. The van der Waals surface area contributed by atoms with Gasteiger partial charge in [-0.15, -0.1) is 13.2 Å². The Morgan fingerprint density at radius 2 is 1.69 bits per heavy atom. The van der Waals surface area contributed by atoms with E-state index in [4.69, 9.17) is 0 Å². The molecule has 3 aromatic rings. The van der Waals surface area contributed by atoms with Gasteiger partial charge in [-0.3, -0.25) is 9.36 Å². The summed E-state index contributed by atoms with van der Waals surface area (Å²) in [6, 6.07) is 15.2. The van der Waals surface area contributed by atoms with Crippen molar-refractivity contribution in [2.75, 3.05) is 18.8 Å². The van der Waals surface area contributed by atoms with Gasteiger partial charge < -0.3 is 9.64 Å². The molecule has 0 spiro atoms. The molecule has 0 unspecified atom stereocenters. The van der Waals surface area contributed by atoms with Crippen LogP contribution in [-0.4, -0.2) is 45.6 Å². The minimum Gasteiger partial charge on any atom is -0.406 e. The third kappa shape index (κ3) is 5.45. The fourth-order valence-corrected chi connectivity index (χ4v) is 4.55. The van der Waals surface area contributed by atoms with Crippen molar-refractivity contribution in [2.45, 2.75) is 30.8 Å². The van der Waals surface area contributed by atoms with Gasteiger partial charge in [-0.05, 0) is 43.5 Å². The number of imidazole rings is 1. The fourth-order valence-electron chi connectivity index (χ4n) is 3.66. The zero-order chi connectivity index (χ0) is 22.6. The molecule has 1 aromatic heterocycles. The molecule has 0 radical (unpaired) electrons. The standard InChI is InChI=1S/C23H22F3N3O2S/c24-23(25,26)31-19-11-9-18(10-12-19)29-20(17-7-3-1-4-8-17)15-27-22(29)32-16-21(30)28-13-5-2-6-14-28/h1,3-4,7-12,15H,2,5-6,13-14,16H2. The van der Waals surface area contributed by atoms with Gasteiger partial charge in [-0.2, -0.15) is 0 Å². The summed E-state index contributed by atoms with van der Waals surface area (Å²) in [5.74, 6) is 0.0251. The third-order valence-electron chi connectivity index (χ3n) is 5.16. The van der Waals surface area contributed by atoms with Crippen molar-refractivity contribution in [1.29, 1.82) is 0 Å². The molecule has 1 amide bonds. The Kier molecular flexibility index (Phi) is 6.74. The van der Waals surface area contributed by atoms with Gasteiger partial charge in [-0.1, -0.05) is 42.1 Å². The van der Waals surface area contributed by atoms with Crippen LogP contribution in [0.1, 0.15) is 19.3 Å². The van der Waals surface area contributed by atoms with Gasteiger partial charge in [0.15, 0.2) is 5.16 Å². The van der Waals surface area contributed by atoms with Gasteiger partial charge in [0.25, 0.3) is 0 Å². The van der Waals surface area contributed by atoms with Gasteiger partial charge in [0.05, 0.1) is 17.6 Å². The summed E-state index contributed by atoms with van der Waals surface area (Å²) in [7, 11) is 0. The van der Waals surface area contributed by atoms with Crippen molar-refractivity contribution in [1.82, 2.24) is 14.5 Å². The van der Waals surface area contributed by atoms with E-state index in [2.05, 4.69) is 9.72 Å². The van der Waals surface area contributed by atoms with Crippen LogP contribution in [0, 0.1) is 0 Å². The second kappa shape index (κ2) is 9.68. The molecule has 0 aliphatic carbocycles. The first-order valence-corrected chi connectivity index (χ1v) is 11.3. The fraction of sp³-hybridized carbons (Fsp3) is 0.304. The molecule has 4 rings (SSSR count). The second-order valence-electron chi connectivity index (χ2n) is 7.40. The van der Waals surface area contributed by atoms with Crippen LogP contribution in [0.3, 0.4) is 0 Å². The molecule has 0 bridgehead atoms. The van der Waals surface area contributed by atoms with Crippen molar-refractivity contribution in [3.63, 3.8) is 0 Å². The lowest BCUT2D eigenvalue weighted by Crippen LogP contribution is -2.36. The monoisotopic (exact) mass is 461 g/mol. The van der Waals surface area contributed by atoms with Gasteiger partial charge in [0.1, 0.15) is 5.75 Å². The Hall–Kier alpha value is -2.94. The predicted octanol–water partition coefficient (Wildman–Crippen LogP) is 5.54. The van der Waals surface area contributed by atoms with E-state index in [1.165, 1.54) is 23.9 Å². The number of benzene rings is 2. The summed E-state index contributed by atoms with van der Waals surface area (Å²) in [6.07, 6.45) is 0.158. The quantitative estimate of drug-likeness (QED) is 0.452. The maximum Gasteiger partial charge on any atom is 0.573 e. The number of carbonyl (C=O) groups is 1. The molecule has 0 saturated carbocycles. The molecule has 1 aliphatic rings. The number of hydrogen-bond donors (Lipinski definition) is 0. The number of carbonyl (C=O) groups excluding carboxylic acids is 1. The SMILES string of the molecule is O=C(CSc1ncc(-c2ccccc2)n1-c1ccc(OC(F)(F)F)cc1)N1CCCCC1. The first-order valence-electron chi connectivity index (χ1n) is 10.3. The van der Waals surface area contributed by atoms with Crippen LogP contribution in [-0.2, 0) is 4.79 Å². The number of thioether (sulfide) groups is 1. The molecule has 2 aromatic carbocycles. The Balaban J connectivity index is 1.61. The summed E-state index contributed by atoms with van der Waals surface area (Å²) in [5, 5.41) is 0.596. The van der Waals surface area contributed by atoms with Crippen molar-refractivity contribution in [3.8, 4) is 22.7 Å². The van der Waals surface area contributed by atoms with Crippen LogP contribution in [0.4, 0.5) is 13.2 Å². The van der Waals surface area contributed by atoms with Crippen molar-refractivity contribution in [3.05, 3.63) is 60.8 Å². The number of nitrogens with zero attached hydrogens (tertiary/aromatic N) is 3. The number of alkyl halides is 3. The molecule has 0 N–H and O–H groups in total. The lowest BCUT2D eigenvalue weighted by molar-refractivity contribution is -0.274. The van der Waals surface area contributed by atoms with Gasteiger partial charge in [-0.25, -0.2) is 4.98 Å². The average molecular weight is 462 g/mol. The first kappa shape index (κ1) is 22.3. The minimum absolute atomic E-state index is 0.0689. The number of amides is 1. The van der Waals surface area contributed by atoms with E-state index in [0.717, 1.165) is 43.6 Å². The van der Waals surface area contributed by atoms with Crippen LogP contribution < -0.4 is 4.74 Å². The van der Waals surface area contributed by atoms with Crippen molar-refractivity contribution >= 4 is 17.7 Å². The molecule has 1 aliphatic heterocycles. The lowest BCUT2D eigenvalue weighted by atomic mass is 10.1. The normalized spacial score (nSPS) is 14.4. The Bertz CT molecular complexity index is 1050. The largest absolute Gasteiger partial charge is 0.573 e.